The van der Waals surface area contributed by atoms with Gasteiger partial charge in [-0.25, -0.2) is 9.78 Å². The molecule has 1 fully saturated rings. The third kappa shape index (κ3) is 5.84. The highest BCUT2D eigenvalue weighted by Gasteiger charge is 2.17. The molecule has 0 bridgehead atoms. The maximum atomic E-state index is 12.4. The highest BCUT2D eigenvalue weighted by Crippen LogP contribution is 2.31. The van der Waals surface area contributed by atoms with Gasteiger partial charge < -0.3 is 15.4 Å². The Labute approximate surface area is 196 Å². The molecule has 0 radical (unpaired) electrons. The van der Waals surface area contributed by atoms with Gasteiger partial charge in [0.15, 0.2) is 5.13 Å². The number of nitrogens with one attached hydrogen (secondary N) is 2. The van der Waals surface area contributed by atoms with Crippen molar-refractivity contribution in [3.05, 3.63) is 36.7 Å². The monoisotopic (exact) mass is 468 g/mol. The summed E-state index contributed by atoms with van der Waals surface area (Å²) < 4.78 is 6.23. The van der Waals surface area contributed by atoms with Crippen LogP contribution in [0.1, 0.15) is 13.8 Å². The normalized spacial score (nSPS) is 14.4. The van der Waals surface area contributed by atoms with Crippen LogP contribution in [0.3, 0.4) is 0 Å². The number of ether oxygens (including phenoxy) is 1. The van der Waals surface area contributed by atoms with Gasteiger partial charge in [-0.2, -0.15) is 0 Å². The number of hydrogen-bond donors (Lipinski definition) is 2. The fourth-order valence-corrected chi connectivity index (χ4v) is 4.47. The molecular weight excluding hydrogens is 440 g/mol. The van der Waals surface area contributed by atoms with Gasteiger partial charge in [0.2, 0.25) is 5.91 Å². The minimum Gasteiger partial charge on any atom is -0.446 e. The molecule has 4 rings (SSSR count). The summed E-state index contributed by atoms with van der Waals surface area (Å²) in [5, 5.41) is 6.80. The molecule has 2 amide bonds. The van der Waals surface area contributed by atoms with Crippen LogP contribution in [0.25, 0.3) is 21.3 Å². The Kier molecular flexibility index (Phi) is 7.17. The molecule has 2 N–H and O–H groups in total. The average Bonchev–Trinajstić information content (AvgIpc) is 3.20. The lowest BCUT2D eigenvalue weighted by Crippen LogP contribution is -2.46. The number of carbonyl (C=O) groups is 2. The number of nitrogens with zero attached hydrogens (tertiary/aromatic N) is 4. The van der Waals surface area contributed by atoms with E-state index in [2.05, 4.69) is 25.5 Å². The second kappa shape index (κ2) is 10.2. The van der Waals surface area contributed by atoms with Crippen molar-refractivity contribution in [2.24, 2.45) is 0 Å². The fraction of sp³-hybridized carbons (Fsp3) is 0.391. The number of anilines is 2. The van der Waals surface area contributed by atoms with Crippen molar-refractivity contribution in [1.29, 1.82) is 0 Å². The Bertz CT molecular complexity index is 1140. The van der Waals surface area contributed by atoms with E-state index in [1.165, 1.54) is 16.2 Å². The van der Waals surface area contributed by atoms with Crippen molar-refractivity contribution in [3.63, 3.8) is 0 Å². The molecule has 33 heavy (non-hydrogen) atoms. The molecule has 1 aliphatic heterocycles. The number of hydrogen-bond acceptors (Lipinski definition) is 8. The van der Waals surface area contributed by atoms with Gasteiger partial charge >= 0.3 is 6.09 Å². The van der Waals surface area contributed by atoms with Crippen LogP contribution in [0.2, 0.25) is 0 Å². The van der Waals surface area contributed by atoms with Crippen LogP contribution in [-0.4, -0.2) is 72.7 Å². The third-order valence-electron chi connectivity index (χ3n) is 5.27. The first-order chi connectivity index (χ1) is 15.9. The van der Waals surface area contributed by atoms with Crippen LogP contribution >= 0.6 is 11.3 Å². The Morgan fingerprint density at radius 3 is 2.76 bits per heavy atom. The molecule has 0 saturated carbocycles. The molecule has 1 saturated heterocycles. The number of pyridine rings is 1. The maximum Gasteiger partial charge on any atom is 0.414 e. The molecule has 0 spiro atoms. The number of thiazole rings is 1. The van der Waals surface area contributed by atoms with Crippen LogP contribution < -0.4 is 15.5 Å². The zero-order valence-corrected chi connectivity index (χ0v) is 19.8. The summed E-state index contributed by atoms with van der Waals surface area (Å²) in [6.45, 7) is 7.54. The molecule has 1 aromatic carbocycles. The molecule has 3 heterocycles. The number of piperazine rings is 1. The Morgan fingerprint density at radius 2 is 2.00 bits per heavy atom. The molecule has 174 valence electrons. The van der Waals surface area contributed by atoms with E-state index in [9.17, 15) is 9.59 Å². The van der Waals surface area contributed by atoms with Gasteiger partial charge in [-0.15, -0.1) is 0 Å². The Balaban J connectivity index is 1.48. The van der Waals surface area contributed by atoms with Gasteiger partial charge in [-0.05, 0) is 37.6 Å². The van der Waals surface area contributed by atoms with Crippen molar-refractivity contribution in [2.75, 3.05) is 50.0 Å². The number of carbonyl (C=O) groups excluding carboxylic acids is 2. The number of benzene rings is 1. The van der Waals surface area contributed by atoms with E-state index < -0.39 is 6.09 Å². The quantitative estimate of drug-likeness (QED) is 0.573. The largest absolute Gasteiger partial charge is 0.446 e. The first-order valence-electron chi connectivity index (χ1n) is 10.9. The van der Waals surface area contributed by atoms with E-state index in [-0.39, 0.29) is 12.0 Å². The molecular formula is C23H28N6O3S. The summed E-state index contributed by atoms with van der Waals surface area (Å²) in [4.78, 5) is 37.0. The average molecular weight is 469 g/mol. The van der Waals surface area contributed by atoms with E-state index >= 15 is 0 Å². The number of rotatable bonds is 6. The minimum absolute atomic E-state index is 0.0515. The highest BCUT2D eigenvalue weighted by molar-refractivity contribution is 7.22. The van der Waals surface area contributed by atoms with Gasteiger partial charge in [0, 0.05) is 45.0 Å². The first-order valence-corrected chi connectivity index (χ1v) is 11.7. The van der Waals surface area contributed by atoms with E-state index in [1.54, 1.807) is 19.4 Å². The topological polar surface area (TPSA) is 99.7 Å². The summed E-state index contributed by atoms with van der Waals surface area (Å²) in [5.41, 5.74) is 3.28. The maximum absolute atomic E-state index is 12.4. The van der Waals surface area contributed by atoms with Crippen LogP contribution in [0.5, 0.6) is 0 Å². The number of aromatic nitrogens is 2. The first kappa shape index (κ1) is 23.1. The van der Waals surface area contributed by atoms with Gasteiger partial charge in [0.05, 0.1) is 34.7 Å². The molecule has 0 aliphatic carbocycles. The summed E-state index contributed by atoms with van der Waals surface area (Å²) in [7, 11) is 1.66. The third-order valence-corrected chi connectivity index (χ3v) is 6.20. The van der Waals surface area contributed by atoms with Crippen molar-refractivity contribution in [1.82, 2.24) is 20.2 Å². The minimum atomic E-state index is -0.428. The zero-order chi connectivity index (χ0) is 23.4. The molecule has 9 nitrogen and oxygen atoms in total. The second-order valence-electron chi connectivity index (χ2n) is 8.20. The molecule has 10 heteroatoms. The summed E-state index contributed by atoms with van der Waals surface area (Å²) in [6, 6.07) is 7.80. The highest BCUT2D eigenvalue weighted by atomic mass is 32.1. The summed E-state index contributed by atoms with van der Waals surface area (Å²) in [6.07, 6.45) is 2.76. The number of fused-ring (bicyclic) bond motifs is 1. The molecule has 1 aliphatic rings. The summed E-state index contributed by atoms with van der Waals surface area (Å²) >= 11 is 1.44. The van der Waals surface area contributed by atoms with Crippen molar-refractivity contribution < 1.29 is 14.3 Å². The van der Waals surface area contributed by atoms with E-state index in [0.29, 0.717) is 17.4 Å². The predicted molar refractivity (Wildman–Crippen MR) is 131 cm³/mol. The predicted octanol–water partition coefficient (Wildman–Crippen LogP) is 3.18. The van der Waals surface area contributed by atoms with Crippen molar-refractivity contribution >= 4 is 44.4 Å². The van der Waals surface area contributed by atoms with Crippen LogP contribution in [0.15, 0.2) is 36.7 Å². The van der Waals surface area contributed by atoms with Crippen LogP contribution in [0.4, 0.5) is 15.6 Å². The van der Waals surface area contributed by atoms with Gasteiger partial charge in [0.25, 0.3) is 0 Å². The van der Waals surface area contributed by atoms with Gasteiger partial charge in [-0.1, -0.05) is 17.4 Å². The van der Waals surface area contributed by atoms with E-state index in [4.69, 9.17) is 4.74 Å². The van der Waals surface area contributed by atoms with Gasteiger partial charge in [-0.3, -0.25) is 19.6 Å². The lowest BCUT2D eigenvalue weighted by molar-refractivity contribution is -0.117. The fourth-order valence-electron chi connectivity index (χ4n) is 3.54. The second-order valence-corrected chi connectivity index (χ2v) is 9.23. The lowest BCUT2D eigenvalue weighted by atomic mass is 10.1. The van der Waals surface area contributed by atoms with Crippen molar-refractivity contribution in [2.45, 2.75) is 20.0 Å². The van der Waals surface area contributed by atoms with Gasteiger partial charge in [0.1, 0.15) is 0 Å². The molecule has 0 atom stereocenters. The van der Waals surface area contributed by atoms with E-state index in [0.717, 1.165) is 47.5 Å². The lowest BCUT2D eigenvalue weighted by Gasteiger charge is -2.26. The standard InChI is InChI=1S/C23H28N6O3S/c1-15(2)32-23(31)28(3)18-10-17(12-25-13-18)16-4-5-19-20(11-16)33-22(26-19)27-21(30)14-29-8-6-24-7-9-29/h4-5,10-13,15,24H,6-9,14H2,1-3H3,(H,26,27,30). The van der Waals surface area contributed by atoms with Crippen LogP contribution in [0, 0.1) is 0 Å². The van der Waals surface area contributed by atoms with E-state index in [1.807, 2.05) is 38.1 Å². The van der Waals surface area contributed by atoms with Crippen LogP contribution in [-0.2, 0) is 9.53 Å². The Hall–Kier alpha value is -3.08. The zero-order valence-electron chi connectivity index (χ0n) is 19.0. The van der Waals surface area contributed by atoms with Crippen molar-refractivity contribution in [3.8, 4) is 11.1 Å². The molecule has 3 aromatic rings. The smallest absolute Gasteiger partial charge is 0.414 e. The summed E-state index contributed by atoms with van der Waals surface area (Å²) in [5.74, 6) is -0.0515. The molecule has 0 unspecified atom stereocenters. The number of amides is 2. The molecule has 2 aromatic heterocycles. The SMILES string of the molecule is CC(C)OC(=O)N(C)c1cncc(-c2ccc3nc(NC(=O)CN4CCNCC4)sc3c2)c1. The Morgan fingerprint density at radius 1 is 1.21 bits per heavy atom.